The summed E-state index contributed by atoms with van der Waals surface area (Å²) in [6.07, 6.45) is 1.88. The third kappa shape index (κ3) is 3.27. The number of carboxylic acid groups (broad SMARTS) is 1. The predicted molar refractivity (Wildman–Crippen MR) is 119 cm³/mol. The number of hydrogen-bond acceptors (Lipinski definition) is 3. The second-order valence-electron chi connectivity index (χ2n) is 8.68. The van der Waals surface area contributed by atoms with Crippen LogP contribution in [-0.2, 0) is 23.2 Å². The fraction of sp³-hybridized carbons (Fsp3) is 0.296. The molecular formula is C27H26O4. The fourth-order valence-electron chi connectivity index (χ4n) is 5.40. The standard InChI is InChI=1S/C27H26O4/c1-17-25(26(28)29)27(17)13-12-20-10-11-23(15-24(20)27)31-16-18-6-8-19(9-7-18)21-4-3-5-22(14-21)30-2/h3-11,14-15,17,25H,12-13,16H2,1-2H3,(H,28,29)/t17-,25?,27?/m0/s1. The first-order valence-corrected chi connectivity index (χ1v) is 10.8. The maximum absolute atomic E-state index is 11.7. The van der Waals surface area contributed by atoms with Crippen LogP contribution in [0, 0.1) is 11.8 Å². The van der Waals surface area contributed by atoms with Gasteiger partial charge in [0.25, 0.3) is 0 Å². The van der Waals surface area contributed by atoms with E-state index in [0.717, 1.165) is 41.0 Å². The van der Waals surface area contributed by atoms with Crippen molar-refractivity contribution in [2.45, 2.75) is 31.8 Å². The van der Waals surface area contributed by atoms with Gasteiger partial charge in [-0.25, -0.2) is 0 Å². The first-order valence-electron chi connectivity index (χ1n) is 10.8. The third-order valence-electron chi connectivity index (χ3n) is 7.18. The van der Waals surface area contributed by atoms with Crippen LogP contribution in [0.5, 0.6) is 11.5 Å². The average molecular weight is 415 g/mol. The maximum Gasteiger partial charge on any atom is 0.307 e. The molecular weight excluding hydrogens is 388 g/mol. The summed E-state index contributed by atoms with van der Waals surface area (Å²) in [7, 11) is 1.67. The van der Waals surface area contributed by atoms with E-state index in [-0.39, 0.29) is 17.3 Å². The van der Waals surface area contributed by atoms with Gasteiger partial charge in [-0.2, -0.15) is 0 Å². The van der Waals surface area contributed by atoms with Gasteiger partial charge in [0.2, 0.25) is 0 Å². The van der Waals surface area contributed by atoms with E-state index in [0.29, 0.717) is 6.61 Å². The number of carboxylic acids is 1. The molecule has 0 aromatic heterocycles. The van der Waals surface area contributed by atoms with E-state index < -0.39 is 5.97 Å². The lowest BCUT2D eigenvalue weighted by molar-refractivity contribution is -0.139. The molecule has 3 aromatic rings. The van der Waals surface area contributed by atoms with E-state index in [1.165, 1.54) is 11.1 Å². The molecule has 4 heteroatoms. The van der Waals surface area contributed by atoms with Crippen LogP contribution in [0.3, 0.4) is 0 Å². The zero-order valence-corrected chi connectivity index (χ0v) is 17.8. The number of fused-ring (bicyclic) bond motifs is 2. The van der Waals surface area contributed by atoms with Crippen molar-refractivity contribution in [3.05, 3.63) is 83.4 Å². The molecule has 0 aliphatic heterocycles. The molecule has 5 rings (SSSR count). The number of benzene rings is 3. The Kier molecular flexibility index (Phi) is 4.73. The summed E-state index contributed by atoms with van der Waals surface area (Å²) < 4.78 is 11.4. The van der Waals surface area contributed by atoms with E-state index in [2.05, 4.69) is 49.4 Å². The first-order chi connectivity index (χ1) is 15.0. The van der Waals surface area contributed by atoms with Crippen LogP contribution in [0.2, 0.25) is 0 Å². The van der Waals surface area contributed by atoms with Gasteiger partial charge in [-0.15, -0.1) is 0 Å². The summed E-state index contributed by atoms with van der Waals surface area (Å²) in [6, 6.07) is 22.5. The lowest BCUT2D eigenvalue weighted by atomic mass is 9.93. The van der Waals surface area contributed by atoms with Crippen LogP contribution < -0.4 is 9.47 Å². The predicted octanol–water partition coefficient (Wildman–Crippen LogP) is 5.48. The molecule has 0 heterocycles. The highest BCUT2D eigenvalue weighted by atomic mass is 16.5. The van der Waals surface area contributed by atoms with Crippen LogP contribution in [-0.4, -0.2) is 18.2 Å². The normalized spacial score (nSPS) is 23.4. The molecule has 1 N–H and O–H groups in total. The molecule has 2 unspecified atom stereocenters. The topological polar surface area (TPSA) is 55.8 Å². The molecule has 158 valence electrons. The summed E-state index contributed by atoms with van der Waals surface area (Å²) in [5.41, 5.74) is 5.58. The quantitative estimate of drug-likeness (QED) is 0.581. The molecule has 0 saturated heterocycles. The van der Waals surface area contributed by atoms with Crippen LogP contribution in [0.1, 0.15) is 30.0 Å². The Morgan fingerprint density at radius 2 is 1.84 bits per heavy atom. The van der Waals surface area contributed by atoms with Crippen molar-refractivity contribution in [1.82, 2.24) is 0 Å². The second-order valence-corrected chi connectivity index (χ2v) is 8.68. The Balaban J connectivity index is 1.30. The van der Waals surface area contributed by atoms with Crippen LogP contribution in [0.4, 0.5) is 0 Å². The maximum atomic E-state index is 11.7. The Bertz CT molecular complexity index is 1130. The first kappa shape index (κ1) is 19.7. The molecule has 2 aliphatic rings. The zero-order chi connectivity index (χ0) is 21.6. The second kappa shape index (κ2) is 7.45. The van der Waals surface area contributed by atoms with Gasteiger partial charge in [0.05, 0.1) is 13.0 Å². The van der Waals surface area contributed by atoms with Crippen molar-refractivity contribution >= 4 is 5.97 Å². The molecule has 1 fully saturated rings. The highest BCUT2D eigenvalue weighted by Crippen LogP contribution is 2.66. The lowest BCUT2D eigenvalue weighted by Crippen LogP contribution is -2.12. The van der Waals surface area contributed by atoms with E-state index in [1.54, 1.807) is 7.11 Å². The molecule has 0 amide bonds. The molecule has 2 aliphatic carbocycles. The summed E-state index contributed by atoms with van der Waals surface area (Å²) in [5, 5.41) is 9.59. The number of methoxy groups -OCH3 is 1. The van der Waals surface area contributed by atoms with Gasteiger partial charge >= 0.3 is 5.97 Å². The van der Waals surface area contributed by atoms with Gasteiger partial charge < -0.3 is 14.6 Å². The van der Waals surface area contributed by atoms with Crippen LogP contribution in [0.25, 0.3) is 11.1 Å². The summed E-state index contributed by atoms with van der Waals surface area (Å²) in [6.45, 7) is 2.54. The lowest BCUT2D eigenvalue weighted by Gasteiger charge is -2.14. The van der Waals surface area contributed by atoms with E-state index in [1.807, 2.05) is 24.3 Å². The smallest absolute Gasteiger partial charge is 0.307 e. The highest BCUT2D eigenvalue weighted by Gasteiger charge is 2.68. The Hall–Kier alpha value is -3.27. The Morgan fingerprint density at radius 1 is 1.03 bits per heavy atom. The fourth-order valence-corrected chi connectivity index (χ4v) is 5.40. The van der Waals surface area contributed by atoms with Gasteiger partial charge in [0.15, 0.2) is 0 Å². The summed E-state index contributed by atoms with van der Waals surface area (Å²) in [4.78, 5) is 11.7. The number of ether oxygens (including phenoxy) is 2. The number of carbonyl (C=O) groups is 1. The number of aryl methyl sites for hydroxylation is 1. The van der Waals surface area contributed by atoms with Gasteiger partial charge in [-0.05, 0) is 70.8 Å². The molecule has 0 bridgehead atoms. The summed E-state index contributed by atoms with van der Waals surface area (Å²) in [5.74, 6) is 0.885. The molecule has 1 saturated carbocycles. The number of hydrogen-bond donors (Lipinski definition) is 1. The van der Waals surface area contributed by atoms with Gasteiger partial charge in [-0.1, -0.05) is 49.4 Å². The Morgan fingerprint density at radius 3 is 2.55 bits per heavy atom. The SMILES string of the molecule is COc1cccc(-c2ccc(COc3ccc4c(c3)C3(CC4)C(C(=O)O)[C@@H]3C)cc2)c1. The van der Waals surface area contributed by atoms with Crippen molar-refractivity contribution in [1.29, 1.82) is 0 Å². The third-order valence-corrected chi connectivity index (χ3v) is 7.18. The number of rotatable bonds is 6. The zero-order valence-electron chi connectivity index (χ0n) is 17.8. The molecule has 3 aromatic carbocycles. The molecule has 1 spiro atoms. The van der Waals surface area contributed by atoms with Gasteiger partial charge in [0, 0.05) is 5.41 Å². The average Bonchev–Trinajstić information content (AvgIpc) is 3.23. The summed E-state index contributed by atoms with van der Waals surface area (Å²) >= 11 is 0. The monoisotopic (exact) mass is 414 g/mol. The highest BCUT2D eigenvalue weighted by molar-refractivity contribution is 5.79. The minimum absolute atomic E-state index is 0.186. The van der Waals surface area contributed by atoms with Crippen LogP contribution in [0.15, 0.2) is 66.7 Å². The largest absolute Gasteiger partial charge is 0.497 e. The van der Waals surface area contributed by atoms with Crippen molar-refractivity contribution in [3.8, 4) is 22.6 Å². The van der Waals surface area contributed by atoms with Crippen molar-refractivity contribution in [3.63, 3.8) is 0 Å². The van der Waals surface area contributed by atoms with Gasteiger partial charge in [-0.3, -0.25) is 4.79 Å². The van der Waals surface area contributed by atoms with Crippen LogP contribution >= 0.6 is 0 Å². The molecule has 31 heavy (non-hydrogen) atoms. The molecule has 4 nitrogen and oxygen atoms in total. The minimum atomic E-state index is -0.678. The Labute approximate surface area is 182 Å². The number of aliphatic carboxylic acids is 1. The van der Waals surface area contributed by atoms with Crippen molar-refractivity contribution < 1.29 is 19.4 Å². The van der Waals surface area contributed by atoms with Gasteiger partial charge in [0.1, 0.15) is 18.1 Å². The molecule has 3 atom stereocenters. The molecule has 0 radical (unpaired) electrons. The van der Waals surface area contributed by atoms with E-state index in [4.69, 9.17) is 9.47 Å². The van der Waals surface area contributed by atoms with E-state index >= 15 is 0 Å². The van der Waals surface area contributed by atoms with Crippen molar-refractivity contribution in [2.24, 2.45) is 11.8 Å². The van der Waals surface area contributed by atoms with Crippen molar-refractivity contribution in [2.75, 3.05) is 7.11 Å². The van der Waals surface area contributed by atoms with E-state index in [9.17, 15) is 9.90 Å². The minimum Gasteiger partial charge on any atom is -0.497 e.